The van der Waals surface area contributed by atoms with Crippen molar-refractivity contribution in [3.8, 4) is 11.1 Å². The van der Waals surface area contributed by atoms with Gasteiger partial charge < -0.3 is 4.90 Å². The monoisotopic (exact) mass is 289 g/mol. The Morgan fingerprint density at radius 1 is 0.864 bits per heavy atom. The van der Waals surface area contributed by atoms with E-state index in [-0.39, 0.29) is 0 Å². The fourth-order valence-electron chi connectivity index (χ4n) is 2.92. The number of anilines is 1. The summed E-state index contributed by atoms with van der Waals surface area (Å²) < 4.78 is 0. The number of nitrogens with zero attached hydrogens (tertiary/aromatic N) is 1. The van der Waals surface area contributed by atoms with Gasteiger partial charge in [0.15, 0.2) is 6.29 Å². The molecule has 0 heterocycles. The number of hydrogen-bond donors (Lipinski definition) is 0. The van der Waals surface area contributed by atoms with Gasteiger partial charge in [0.05, 0.1) is 0 Å². The summed E-state index contributed by atoms with van der Waals surface area (Å²) in [6.07, 6.45) is 0.934. The lowest BCUT2D eigenvalue weighted by molar-refractivity contribution is 0.112. The van der Waals surface area contributed by atoms with Crippen molar-refractivity contribution in [2.24, 2.45) is 0 Å². The Morgan fingerprint density at radius 2 is 1.59 bits per heavy atom. The van der Waals surface area contributed by atoms with Crippen molar-refractivity contribution in [1.82, 2.24) is 0 Å². The number of carbonyl (C=O) groups excluding carboxylic acids is 1. The quantitative estimate of drug-likeness (QED) is 0.652. The van der Waals surface area contributed by atoms with Gasteiger partial charge in [0.25, 0.3) is 0 Å². The average Bonchev–Trinajstić information content (AvgIpc) is 2.53. The number of rotatable bonds is 3. The van der Waals surface area contributed by atoms with E-state index in [0.29, 0.717) is 0 Å². The standard InChI is InChI=1S/C20H19NO/c1-14-10-11-15(13-22)19(12-14)17-6-4-8-18-16(17)7-5-9-20(18)21(2)3/h4-13H,1-3H3. The van der Waals surface area contributed by atoms with E-state index in [1.54, 1.807) is 0 Å². The van der Waals surface area contributed by atoms with Crippen LogP contribution in [0.5, 0.6) is 0 Å². The van der Waals surface area contributed by atoms with Crippen LogP contribution in [0.2, 0.25) is 0 Å². The number of aryl methyl sites for hydroxylation is 1. The molecule has 0 saturated heterocycles. The number of benzene rings is 3. The second kappa shape index (κ2) is 5.64. The predicted octanol–water partition coefficient (Wildman–Crippen LogP) is 4.69. The van der Waals surface area contributed by atoms with E-state index in [4.69, 9.17) is 0 Å². The van der Waals surface area contributed by atoms with Crippen LogP contribution in [0.15, 0.2) is 54.6 Å². The predicted molar refractivity (Wildman–Crippen MR) is 93.8 cm³/mol. The normalized spacial score (nSPS) is 10.7. The molecule has 0 saturated carbocycles. The Morgan fingerprint density at radius 3 is 2.32 bits per heavy atom. The number of hydrogen-bond acceptors (Lipinski definition) is 2. The third kappa shape index (κ3) is 2.37. The summed E-state index contributed by atoms with van der Waals surface area (Å²) >= 11 is 0. The first-order chi connectivity index (χ1) is 10.6. The van der Waals surface area contributed by atoms with Gasteiger partial charge in [0.1, 0.15) is 0 Å². The molecule has 0 amide bonds. The highest BCUT2D eigenvalue weighted by atomic mass is 16.1. The zero-order valence-corrected chi connectivity index (χ0v) is 13.1. The van der Waals surface area contributed by atoms with Crippen LogP contribution in [-0.2, 0) is 0 Å². The van der Waals surface area contributed by atoms with Crippen LogP contribution < -0.4 is 4.90 Å². The second-order valence-electron chi connectivity index (χ2n) is 5.78. The van der Waals surface area contributed by atoms with E-state index < -0.39 is 0 Å². The highest BCUT2D eigenvalue weighted by Crippen LogP contribution is 2.35. The van der Waals surface area contributed by atoms with Crippen LogP contribution in [0.3, 0.4) is 0 Å². The molecule has 0 radical (unpaired) electrons. The minimum Gasteiger partial charge on any atom is -0.377 e. The van der Waals surface area contributed by atoms with Crippen molar-refractivity contribution >= 4 is 22.7 Å². The lowest BCUT2D eigenvalue weighted by Gasteiger charge is -2.17. The summed E-state index contributed by atoms with van der Waals surface area (Å²) in [7, 11) is 4.09. The highest BCUT2D eigenvalue weighted by Gasteiger charge is 2.11. The molecule has 3 rings (SSSR count). The van der Waals surface area contributed by atoms with E-state index in [2.05, 4.69) is 54.3 Å². The van der Waals surface area contributed by atoms with Gasteiger partial charge >= 0.3 is 0 Å². The molecule has 0 bridgehead atoms. The molecule has 0 spiro atoms. The van der Waals surface area contributed by atoms with Crippen LogP contribution in [0.25, 0.3) is 21.9 Å². The number of aldehydes is 1. The molecule has 3 aromatic rings. The molecule has 0 aromatic heterocycles. The minimum atomic E-state index is 0.730. The first-order valence-electron chi connectivity index (χ1n) is 7.37. The molecule has 2 nitrogen and oxygen atoms in total. The van der Waals surface area contributed by atoms with Gasteiger partial charge in [-0.3, -0.25) is 4.79 Å². The third-order valence-electron chi connectivity index (χ3n) is 4.01. The molecule has 2 heteroatoms. The first kappa shape index (κ1) is 14.3. The smallest absolute Gasteiger partial charge is 0.150 e. The van der Waals surface area contributed by atoms with Crippen LogP contribution >= 0.6 is 0 Å². The average molecular weight is 289 g/mol. The Balaban J connectivity index is 2.36. The molecule has 0 aliphatic carbocycles. The maximum Gasteiger partial charge on any atom is 0.150 e. The minimum absolute atomic E-state index is 0.730. The Kier molecular flexibility index (Phi) is 3.68. The zero-order valence-electron chi connectivity index (χ0n) is 13.1. The van der Waals surface area contributed by atoms with Gasteiger partial charge in [-0.25, -0.2) is 0 Å². The van der Waals surface area contributed by atoms with E-state index in [1.165, 1.54) is 16.5 Å². The van der Waals surface area contributed by atoms with E-state index in [9.17, 15) is 4.79 Å². The summed E-state index contributed by atoms with van der Waals surface area (Å²) in [5, 5.41) is 2.37. The van der Waals surface area contributed by atoms with Gasteiger partial charge in [-0.2, -0.15) is 0 Å². The van der Waals surface area contributed by atoms with Crippen molar-refractivity contribution in [2.45, 2.75) is 6.92 Å². The molecule has 0 atom stereocenters. The third-order valence-corrected chi connectivity index (χ3v) is 4.01. The van der Waals surface area contributed by atoms with Gasteiger partial charge in [-0.1, -0.05) is 54.1 Å². The highest BCUT2D eigenvalue weighted by molar-refractivity contribution is 6.05. The van der Waals surface area contributed by atoms with Crippen molar-refractivity contribution in [2.75, 3.05) is 19.0 Å². The van der Waals surface area contributed by atoms with Gasteiger partial charge in [-0.15, -0.1) is 0 Å². The largest absolute Gasteiger partial charge is 0.377 e. The number of carbonyl (C=O) groups is 1. The van der Waals surface area contributed by atoms with Gasteiger partial charge in [-0.05, 0) is 29.5 Å². The summed E-state index contributed by atoms with van der Waals surface area (Å²) in [6, 6.07) is 18.5. The fraction of sp³-hybridized carbons (Fsp3) is 0.150. The molecule has 110 valence electrons. The Hall–Kier alpha value is -2.61. The SMILES string of the molecule is Cc1ccc(C=O)c(-c2cccc3c(N(C)C)cccc23)c1. The summed E-state index contributed by atoms with van der Waals surface area (Å²) in [5.74, 6) is 0. The molecule has 0 aliphatic rings. The summed E-state index contributed by atoms with van der Waals surface area (Å²) in [5.41, 5.74) is 5.16. The van der Waals surface area contributed by atoms with Gasteiger partial charge in [0.2, 0.25) is 0 Å². The van der Waals surface area contributed by atoms with Crippen LogP contribution in [0.1, 0.15) is 15.9 Å². The lowest BCUT2D eigenvalue weighted by Crippen LogP contribution is -2.08. The summed E-state index contributed by atoms with van der Waals surface area (Å²) in [4.78, 5) is 13.5. The van der Waals surface area contributed by atoms with Crippen LogP contribution in [-0.4, -0.2) is 20.4 Å². The Bertz CT molecular complexity index is 849. The molecule has 0 N–H and O–H groups in total. The molecule has 0 unspecified atom stereocenters. The Labute approximate surface area is 131 Å². The van der Waals surface area contributed by atoms with Crippen LogP contribution in [0, 0.1) is 6.92 Å². The first-order valence-corrected chi connectivity index (χ1v) is 7.37. The zero-order chi connectivity index (χ0) is 15.7. The number of fused-ring (bicyclic) bond motifs is 1. The molecular formula is C20H19NO. The van der Waals surface area contributed by atoms with E-state index >= 15 is 0 Å². The molecular weight excluding hydrogens is 270 g/mol. The molecule has 0 aliphatic heterocycles. The van der Waals surface area contributed by atoms with Crippen molar-refractivity contribution in [1.29, 1.82) is 0 Å². The van der Waals surface area contributed by atoms with Gasteiger partial charge in [0, 0.05) is 30.7 Å². The second-order valence-corrected chi connectivity index (χ2v) is 5.78. The van der Waals surface area contributed by atoms with Crippen molar-refractivity contribution < 1.29 is 4.79 Å². The topological polar surface area (TPSA) is 20.3 Å². The molecule has 3 aromatic carbocycles. The fourth-order valence-corrected chi connectivity index (χ4v) is 2.92. The van der Waals surface area contributed by atoms with E-state index in [0.717, 1.165) is 28.5 Å². The maximum absolute atomic E-state index is 11.4. The molecule has 0 fully saturated rings. The molecule has 22 heavy (non-hydrogen) atoms. The summed E-state index contributed by atoms with van der Waals surface area (Å²) in [6.45, 7) is 2.05. The van der Waals surface area contributed by atoms with Crippen molar-refractivity contribution in [3.63, 3.8) is 0 Å². The van der Waals surface area contributed by atoms with E-state index in [1.807, 2.05) is 26.2 Å². The van der Waals surface area contributed by atoms with Crippen molar-refractivity contribution in [3.05, 3.63) is 65.7 Å². The maximum atomic E-state index is 11.4. The van der Waals surface area contributed by atoms with Crippen LogP contribution in [0.4, 0.5) is 5.69 Å². The lowest BCUT2D eigenvalue weighted by atomic mass is 9.93.